The molecule has 2 N–H and O–H groups in total. The fourth-order valence-electron chi connectivity index (χ4n) is 3.69. The summed E-state index contributed by atoms with van der Waals surface area (Å²) in [6.07, 6.45) is 4.77. The summed E-state index contributed by atoms with van der Waals surface area (Å²) < 4.78 is 7.28. The van der Waals surface area contributed by atoms with Gasteiger partial charge in [0.2, 0.25) is 5.95 Å². The molecule has 2 aromatic heterocycles. The van der Waals surface area contributed by atoms with E-state index < -0.39 is 0 Å². The van der Waals surface area contributed by atoms with E-state index in [4.69, 9.17) is 4.74 Å². The highest BCUT2D eigenvalue weighted by molar-refractivity contribution is 6.05. The largest absolute Gasteiger partial charge is 0.372 e. The number of carbonyl (C=O) groups excluding carboxylic acids is 1. The fraction of sp³-hybridized carbons (Fsp3) is 0.200. The Morgan fingerprint density at radius 2 is 2.04 bits per heavy atom. The standard InChI is InChI=1S/C20H18N6O2/c1-12-17(19(27)25-16-4-6-21-7-5-16)18(26-20(24-12)22-11-23-26)13-2-3-14-9-28-10-15(14)8-13/h2-8,11,18H,9-10H2,1H3,(H,21,25,27)(H,22,23,24). The molecule has 0 aliphatic carbocycles. The van der Waals surface area contributed by atoms with Crippen LogP contribution in [0.25, 0.3) is 0 Å². The van der Waals surface area contributed by atoms with E-state index in [9.17, 15) is 4.79 Å². The van der Waals surface area contributed by atoms with Crippen molar-refractivity contribution in [3.8, 4) is 0 Å². The highest BCUT2D eigenvalue weighted by atomic mass is 16.5. The van der Waals surface area contributed by atoms with Gasteiger partial charge in [0.15, 0.2) is 0 Å². The van der Waals surface area contributed by atoms with Gasteiger partial charge in [-0.3, -0.25) is 9.78 Å². The first-order valence-corrected chi connectivity index (χ1v) is 8.99. The Hall–Kier alpha value is -3.52. The minimum absolute atomic E-state index is 0.195. The quantitative estimate of drug-likeness (QED) is 0.732. The van der Waals surface area contributed by atoms with E-state index in [2.05, 4.69) is 37.8 Å². The molecule has 0 spiro atoms. The molecule has 28 heavy (non-hydrogen) atoms. The molecule has 0 saturated carbocycles. The lowest BCUT2D eigenvalue weighted by molar-refractivity contribution is -0.113. The Morgan fingerprint density at radius 3 is 2.89 bits per heavy atom. The van der Waals surface area contributed by atoms with E-state index in [0.717, 1.165) is 16.8 Å². The van der Waals surface area contributed by atoms with E-state index in [0.29, 0.717) is 30.4 Å². The van der Waals surface area contributed by atoms with Crippen molar-refractivity contribution in [3.05, 3.63) is 77.0 Å². The molecule has 140 valence electrons. The Labute approximate surface area is 161 Å². The first-order chi connectivity index (χ1) is 13.7. The third-order valence-electron chi connectivity index (χ3n) is 5.04. The summed E-state index contributed by atoms with van der Waals surface area (Å²) in [5.41, 5.74) is 5.31. The van der Waals surface area contributed by atoms with Crippen molar-refractivity contribution in [1.29, 1.82) is 0 Å². The fourth-order valence-corrected chi connectivity index (χ4v) is 3.69. The van der Waals surface area contributed by atoms with Crippen LogP contribution in [0.4, 0.5) is 11.6 Å². The number of allylic oxidation sites excluding steroid dienone is 1. The van der Waals surface area contributed by atoms with Crippen molar-refractivity contribution in [2.75, 3.05) is 10.6 Å². The second-order valence-electron chi connectivity index (χ2n) is 6.81. The third kappa shape index (κ3) is 2.74. The maximum Gasteiger partial charge on any atom is 0.255 e. The molecule has 0 fully saturated rings. The predicted octanol–water partition coefficient (Wildman–Crippen LogP) is 2.63. The average Bonchev–Trinajstić information content (AvgIpc) is 3.35. The lowest BCUT2D eigenvalue weighted by atomic mass is 9.93. The minimum Gasteiger partial charge on any atom is -0.372 e. The van der Waals surface area contributed by atoms with Crippen LogP contribution in [0.3, 0.4) is 0 Å². The molecule has 0 radical (unpaired) electrons. The third-order valence-corrected chi connectivity index (χ3v) is 5.04. The van der Waals surface area contributed by atoms with Crippen LogP contribution in [0.1, 0.15) is 29.7 Å². The summed E-state index contributed by atoms with van der Waals surface area (Å²) >= 11 is 0. The van der Waals surface area contributed by atoms with Crippen molar-refractivity contribution in [1.82, 2.24) is 19.7 Å². The summed E-state index contributed by atoms with van der Waals surface area (Å²) in [7, 11) is 0. The number of anilines is 2. The van der Waals surface area contributed by atoms with Gasteiger partial charge < -0.3 is 15.4 Å². The maximum atomic E-state index is 13.2. The van der Waals surface area contributed by atoms with Crippen molar-refractivity contribution >= 4 is 17.5 Å². The number of hydrogen-bond donors (Lipinski definition) is 2. The van der Waals surface area contributed by atoms with Gasteiger partial charge in [-0.15, -0.1) is 0 Å². The molecular formula is C20H18N6O2. The maximum absolute atomic E-state index is 13.2. The number of pyridine rings is 1. The summed E-state index contributed by atoms with van der Waals surface area (Å²) in [5, 5.41) is 10.5. The first-order valence-electron chi connectivity index (χ1n) is 8.99. The Bertz CT molecular complexity index is 1090. The van der Waals surface area contributed by atoms with Crippen LogP contribution in [0.2, 0.25) is 0 Å². The zero-order valence-corrected chi connectivity index (χ0v) is 15.2. The number of nitrogens with one attached hydrogen (secondary N) is 2. The van der Waals surface area contributed by atoms with Crippen LogP contribution in [-0.4, -0.2) is 25.7 Å². The van der Waals surface area contributed by atoms with Crippen molar-refractivity contribution in [2.24, 2.45) is 0 Å². The van der Waals surface area contributed by atoms with Crippen LogP contribution in [-0.2, 0) is 22.7 Å². The van der Waals surface area contributed by atoms with Crippen molar-refractivity contribution in [2.45, 2.75) is 26.2 Å². The molecule has 0 bridgehead atoms. The summed E-state index contributed by atoms with van der Waals surface area (Å²) in [6, 6.07) is 9.31. The second-order valence-corrected chi connectivity index (χ2v) is 6.81. The number of rotatable bonds is 3. The lowest BCUT2D eigenvalue weighted by Crippen LogP contribution is -2.31. The summed E-state index contributed by atoms with van der Waals surface area (Å²) in [4.78, 5) is 21.5. The SMILES string of the molecule is CC1=C(C(=O)Nc2ccncc2)C(c2ccc3c(c2)COC3)n2ncnc2N1. The van der Waals surface area contributed by atoms with Crippen molar-refractivity contribution < 1.29 is 9.53 Å². The van der Waals surface area contributed by atoms with Gasteiger partial charge in [0.05, 0.1) is 18.8 Å². The molecule has 4 heterocycles. The minimum atomic E-state index is -0.383. The van der Waals surface area contributed by atoms with E-state index in [1.54, 1.807) is 29.2 Å². The van der Waals surface area contributed by atoms with Crippen LogP contribution in [0, 0.1) is 0 Å². The number of aromatic nitrogens is 4. The molecule has 1 amide bonds. The molecular weight excluding hydrogens is 356 g/mol. The average molecular weight is 374 g/mol. The number of nitrogens with zero attached hydrogens (tertiary/aromatic N) is 4. The number of carbonyl (C=O) groups is 1. The second kappa shape index (κ2) is 6.58. The zero-order chi connectivity index (χ0) is 19.1. The van der Waals surface area contributed by atoms with Crippen LogP contribution >= 0.6 is 0 Å². The van der Waals surface area contributed by atoms with Gasteiger partial charge in [0, 0.05) is 23.8 Å². The number of amides is 1. The Balaban J connectivity index is 1.58. The molecule has 3 aromatic rings. The number of ether oxygens (including phenoxy) is 1. The summed E-state index contributed by atoms with van der Waals surface area (Å²) in [5.74, 6) is 0.416. The van der Waals surface area contributed by atoms with Gasteiger partial charge in [-0.1, -0.05) is 18.2 Å². The molecule has 1 unspecified atom stereocenters. The molecule has 5 rings (SSSR count). The predicted molar refractivity (Wildman–Crippen MR) is 102 cm³/mol. The van der Waals surface area contributed by atoms with Gasteiger partial charge in [-0.25, -0.2) is 4.68 Å². The number of fused-ring (bicyclic) bond motifs is 2. The van der Waals surface area contributed by atoms with Gasteiger partial charge >= 0.3 is 0 Å². The molecule has 2 aliphatic rings. The Kier molecular flexibility index (Phi) is 3.91. The molecule has 8 nitrogen and oxygen atoms in total. The van der Waals surface area contributed by atoms with Crippen LogP contribution in [0.5, 0.6) is 0 Å². The van der Waals surface area contributed by atoms with E-state index in [1.807, 2.05) is 13.0 Å². The molecule has 0 saturated heterocycles. The molecule has 1 atom stereocenters. The smallest absolute Gasteiger partial charge is 0.255 e. The van der Waals surface area contributed by atoms with Crippen molar-refractivity contribution in [3.63, 3.8) is 0 Å². The van der Waals surface area contributed by atoms with Crippen LogP contribution in [0.15, 0.2) is 60.3 Å². The number of benzene rings is 1. The van der Waals surface area contributed by atoms with E-state index >= 15 is 0 Å². The molecule has 8 heteroatoms. The number of hydrogen-bond acceptors (Lipinski definition) is 6. The highest BCUT2D eigenvalue weighted by Gasteiger charge is 2.34. The first kappa shape index (κ1) is 16.6. The van der Waals surface area contributed by atoms with Gasteiger partial charge in [0.1, 0.15) is 12.4 Å². The van der Waals surface area contributed by atoms with E-state index in [1.165, 1.54) is 11.9 Å². The van der Waals surface area contributed by atoms with Gasteiger partial charge in [-0.05, 0) is 35.7 Å². The van der Waals surface area contributed by atoms with E-state index in [-0.39, 0.29) is 11.9 Å². The molecule has 1 aromatic carbocycles. The van der Waals surface area contributed by atoms with Gasteiger partial charge in [0.25, 0.3) is 5.91 Å². The monoisotopic (exact) mass is 374 g/mol. The normalized spacial score (nSPS) is 17.7. The van der Waals surface area contributed by atoms with Gasteiger partial charge in [-0.2, -0.15) is 10.1 Å². The summed E-state index contributed by atoms with van der Waals surface area (Å²) in [6.45, 7) is 3.09. The highest BCUT2D eigenvalue weighted by Crippen LogP contribution is 2.36. The van der Waals surface area contributed by atoms with Crippen LogP contribution < -0.4 is 10.6 Å². The topological polar surface area (TPSA) is 94.0 Å². The lowest BCUT2D eigenvalue weighted by Gasteiger charge is -2.29. The zero-order valence-electron chi connectivity index (χ0n) is 15.2. The Morgan fingerprint density at radius 1 is 1.21 bits per heavy atom. The molecule has 2 aliphatic heterocycles.